The molecule has 0 unspecified atom stereocenters. The second-order valence-electron chi connectivity index (χ2n) is 4.15. The second-order valence-corrected chi connectivity index (χ2v) is 5.06. The first kappa shape index (κ1) is 13.1. The fourth-order valence-corrected chi connectivity index (χ4v) is 2.29. The summed E-state index contributed by atoms with van der Waals surface area (Å²) in [4.78, 5) is 11.0. The van der Waals surface area contributed by atoms with E-state index < -0.39 is 11.7 Å². The summed E-state index contributed by atoms with van der Waals surface area (Å²) in [6.45, 7) is 0. The van der Waals surface area contributed by atoms with Gasteiger partial charge in [-0.2, -0.15) is 13.2 Å². The first-order chi connectivity index (χ1) is 9.45. The van der Waals surface area contributed by atoms with Gasteiger partial charge in [-0.3, -0.25) is 0 Å². The Morgan fingerprint density at radius 1 is 1.15 bits per heavy atom. The zero-order valence-electron chi connectivity index (χ0n) is 9.87. The van der Waals surface area contributed by atoms with Gasteiger partial charge in [0.25, 0.3) is 0 Å². The predicted octanol–water partition coefficient (Wildman–Crippen LogP) is 4.41. The first-order valence-corrected chi connectivity index (χ1v) is 6.42. The Morgan fingerprint density at radius 3 is 2.65 bits per heavy atom. The lowest BCUT2D eigenvalue weighted by Crippen LogP contribution is -2.07. The standard InChI is InChI=1S/C13H7BrF3N3/c14-7-3-4-8(9(6-7)13(15,16)17)11-19-10-2-1-5-18-12(10)20-11/h1-6H,(H,18,19,20). The van der Waals surface area contributed by atoms with E-state index in [1.54, 1.807) is 24.4 Å². The number of hydrogen-bond acceptors (Lipinski definition) is 2. The maximum Gasteiger partial charge on any atom is 0.417 e. The van der Waals surface area contributed by atoms with E-state index in [1.807, 2.05) is 0 Å². The fraction of sp³-hybridized carbons (Fsp3) is 0.0769. The number of benzene rings is 1. The van der Waals surface area contributed by atoms with Crippen LogP contribution in [0.5, 0.6) is 0 Å². The van der Waals surface area contributed by atoms with Crippen molar-refractivity contribution in [1.82, 2.24) is 15.0 Å². The largest absolute Gasteiger partial charge is 0.417 e. The van der Waals surface area contributed by atoms with Gasteiger partial charge in [0.15, 0.2) is 5.65 Å². The van der Waals surface area contributed by atoms with Crippen molar-refractivity contribution in [3.63, 3.8) is 0 Å². The van der Waals surface area contributed by atoms with Crippen LogP contribution in [-0.4, -0.2) is 15.0 Å². The van der Waals surface area contributed by atoms with Gasteiger partial charge in [0.05, 0.1) is 11.1 Å². The lowest BCUT2D eigenvalue weighted by Gasteiger charge is -2.11. The molecule has 102 valence electrons. The topological polar surface area (TPSA) is 41.6 Å². The number of nitrogens with zero attached hydrogens (tertiary/aromatic N) is 2. The number of hydrogen-bond donors (Lipinski definition) is 1. The quantitative estimate of drug-likeness (QED) is 0.712. The zero-order valence-corrected chi connectivity index (χ0v) is 11.5. The zero-order chi connectivity index (χ0) is 14.3. The minimum Gasteiger partial charge on any atom is -0.337 e. The molecule has 0 aliphatic rings. The number of pyridine rings is 1. The molecular formula is C13H7BrF3N3. The molecule has 1 aromatic carbocycles. The van der Waals surface area contributed by atoms with Crippen LogP contribution in [0.2, 0.25) is 0 Å². The van der Waals surface area contributed by atoms with Crippen LogP contribution >= 0.6 is 15.9 Å². The van der Waals surface area contributed by atoms with E-state index in [0.717, 1.165) is 6.07 Å². The molecule has 7 heteroatoms. The number of halogens is 4. The average molecular weight is 342 g/mol. The highest BCUT2D eigenvalue weighted by atomic mass is 79.9. The van der Waals surface area contributed by atoms with E-state index in [2.05, 4.69) is 30.9 Å². The van der Waals surface area contributed by atoms with Crippen molar-refractivity contribution >= 4 is 27.1 Å². The van der Waals surface area contributed by atoms with Gasteiger partial charge in [0.1, 0.15) is 5.82 Å². The molecule has 0 radical (unpaired) electrons. The molecule has 0 atom stereocenters. The Morgan fingerprint density at radius 2 is 1.95 bits per heavy atom. The molecule has 2 aromatic heterocycles. The third kappa shape index (κ3) is 2.29. The highest BCUT2D eigenvalue weighted by Crippen LogP contribution is 2.38. The van der Waals surface area contributed by atoms with Gasteiger partial charge in [-0.1, -0.05) is 15.9 Å². The van der Waals surface area contributed by atoms with Gasteiger partial charge in [0, 0.05) is 16.2 Å². The van der Waals surface area contributed by atoms with Crippen LogP contribution in [0.15, 0.2) is 41.0 Å². The van der Waals surface area contributed by atoms with Gasteiger partial charge in [-0.05, 0) is 30.3 Å². The monoisotopic (exact) mass is 341 g/mol. The minimum atomic E-state index is -4.45. The molecule has 3 aromatic rings. The molecule has 0 amide bonds. The molecule has 2 heterocycles. The van der Waals surface area contributed by atoms with E-state index >= 15 is 0 Å². The van der Waals surface area contributed by atoms with Gasteiger partial charge < -0.3 is 4.98 Å². The number of alkyl halides is 3. The van der Waals surface area contributed by atoms with E-state index in [9.17, 15) is 13.2 Å². The molecule has 0 spiro atoms. The van der Waals surface area contributed by atoms with Crippen molar-refractivity contribution in [2.24, 2.45) is 0 Å². The van der Waals surface area contributed by atoms with Crippen LogP contribution in [0, 0.1) is 0 Å². The molecule has 0 aliphatic heterocycles. The number of rotatable bonds is 1. The van der Waals surface area contributed by atoms with Crippen LogP contribution in [0.1, 0.15) is 5.56 Å². The number of aromatic amines is 1. The van der Waals surface area contributed by atoms with Gasteiger partial charge >= 0.3 is 6.18 Å². The van der Waals surface area contributed by atoms with Crippen LogP contribution in [0.4, 0.5) is 13.2 Å². The minimum absolute atomic E-state index is 0.00120. The SMILES string of the molecule is FC(F)(F)c1cc(Br)ccc1-c1nc2ncccc2[nH]1. The molecule has 0 aliphatic carbocycles. The molecular weight excluding hydrogens is 335 g/mol. The van der Waals surface area contributed by atoms with Crippen molar-refractivity contribution in [2.75, 3.05) is 0 Å². The molecule has 0 saturated heterocycles. The van der Waals surface area contributed by atoms with Crippen molar-refractivity contribution in [1.29, 1.82) is 0 Å². The summed E-state index contributed by atoms with van der Waals surface area (Å²) in [6.07, 6.45) is -2.91. The summed E-state index contributed by atoms with van der Waals surface area (Å²) in [5, 5.41) is 0. The Labute approximate surface area is 120 Å². The molecule has 1 N–H and O–H groups in total. The third-order valence-electron chi connectivity index (χ3n) is 2.80. The number of fused-ring (bicyclic) bond motifs is 1. The first-order valence-electron chi connectivity index (χ1n) is 5.63. The average Bonchev–Trinajstić information content (AvgIpc) is 2.81. The second kappa shape index (κ2) is 4.59. The van der Waals surface area contributed by atoms with Gasteiger partial charge in [-0.25, -0.2) is 9.97 Å². The van der Waals surface area contributed by atoms with E-state index in [1.165, 1.54) is 6.07 Å². The Bertz CT molecular complexity index is 747. The molecule has 3 nitrogen and oxygen atoms in total. The maximum atomic E-state index is 13.1. The van der Waals surface area contributed by atoms with Crippen molar-refractivity contribution < 1.29 is 13.2 Å². The van der Waals surface area contributed by atoms with Crippen LogP contribution in [-0.2, 0) is 6.18 Å². The molecule has 0 bridgehead atoms. The van der Waals surface area contributed by atoms with Gasteiger partial charge in [-0.15, -0.1) is 0 Å². The Balaban J connectivity index is 2.23. The van der Waals surface area contributed by atoms with Crippen LogP contribution < -0.4 is 0 Å². The highest BCUT2D eigenvalue weighted by Gasteiger charge is 2.34. The third-order valence-corrected chi connectivity index (χ3v) is 3.29. The molecule has 3 rings (SSSR count). The molecule has 0 fully saturated rings. The summed E-state index contributed by atoms with van der Waals surface area (Å²) >= 11 is 3.05. The molecule has 0 saturated carbocycles. The van der Waals surface area contributed by atoms with Crippen LogP contribution in [0.3, 0.4) is 0 Å². The van der Waals surface area contributed by atoms with E-state index in [0.29, 0.717) is 15.6 Å². The number of imidazole rings is 1. The van der Waals surface area contributed by atoms with Crippen LogP contribution in [0.25, 0.3) is 22.6 Å². The maximum absolute atomic E-state index is 13.1. The summed E-state index contributed by atoms with van der Waals surface area (Å²) in [6, 6.07) is 7.37. The number of aromatic nitrogens is 3. The van der Waals surface area contributed by atoms with Crippen molar-refractivity contribution in [3.05, 3.63) is 46.6 Å². The van der Waals surface area contributed by atoms with Gasteiger partial charge in [0.2, 0.25) is 0 Å². The number of nitrogens with one attached hydrogen (secondary N) is 1. The summed E-state index contributed by atoms with van der Waals surface area (Å²) in [7, 11) is 0. The lowest BCUT2D eigenvalue weighted by atomic mass is 10.1. The van der Waals surface area contributed by atoms with Crippen molar-refractivity contribution in [2.45, 2.75) is 6.18 Å². The smallest absolute Gasteiger partial charge is 0.337 e. The fourth-order valence-electron chi connectivity index (χ4n) is 1.93. The summed E-state index contributed by atoms with van der Waals surface area (Å²) in [5.74, 6) is 0.151. The molecule has 20 heavy (non-hydrogen) atoms. The normalized spacial score (nSPS) is 12.0. The summed E-state index contributed by atoms with van der Waals surface area (Å²) in [5.41, 5.74) is 0.238. The van der Waals surface area contributed by atoms with Crippen molar-refractivity contribution in [3.8, 4) is 11.4 Å². The Hall–Kier alpha value is -1.89. The highest BCUT2D eigenvalue weighted by molar-refractivity contribution is 9.10. The Kier molecular flexibility index (Phi) is 3.01. The predicted molar refractivity (Wildman–Crippen MR) is 72.0 cm³/mol. The van der Waals surface area contributed by atoms with E-state index in [4.69, 9.17) is 0 Å². The summed E-state index contributed by atoms with van der Waals surface area (Å²) < 4.78 is 39.6. The lowest BCUT2D eigenvalue weighted by molar-refractivity contribution is -0.137. The van der Waals surface area contributed by atoms with E-state index in [-0.39, 0.29) is 11.4 Å². The number of H-pyrrole nitrogens is 1.